The number of amides is 3. The van der Waals surface area contributed by atoms with Gasteiger partial charge >= 0.3 is 23.9 Å². The number of benzene rings is 1. The number of carbonyl (C=O) groups is 7. The second kappa shape index (κ2) is 15.5. The highest BCUT2D eigenvalue weighted by Crippen LogP contribution is 2.12. The molecule has 4 unspecified atom stereocenters. The van der Waals surface area contributed by atoms with E-state index in [0.29, 0.717) is 5.56 Å². The van der Waals surface area contributed by atoms with Crippen LogP contribution >= 0.6 is 0 Å². The van der Waals surface area contributed by atoms with Gasteiger partial charge in [0, 0.05) is 19.3 Å². The maximum absolute atomic E-state index is 13.0. The van der Waals surface area contributed by atoms with Crippen molar-refractivity contribution in [1.29, 1.82) is 0 Å². The molecule has 0 saturated heterocycles. The normalized spacial score (nSPS) is 13.7. The Morgan fingerprint density at radius 3 is 1.67 bits per heavy atom. The molecule has 39 heavy (non-hydrogen) atoms. The van der Waals surface area contributed by atoms with Crippen LogP contribution in [-0.2, 0) is 40.0 Å². The Bertz CT molecular complexity index is 1080. The minimum absolute atomic E-state index is 0.105. The number of carboxylic acid groups (broad SMARTS) is 4. The maximum Gasteiger partial charge on any atom is 0.326 e. The number of carboxylic acids is 4. The van der Waals surface area contributed by atoms with Gasteiger partial charge in [-0.05, 0) is 30.5 Å². The fourth-order valence-electron chi connectivity index (χ4n) is 3.22. The van der Waals surface area contributed by atoms with Gasteiger partial charge in [0.1, 0.15) is 23.9 Å². The fourth-order valence-corrected chi connectivity index (χ4v) is 3.22. The number of nitrogens with one attached hydrogen (secondary N) is 3. The third-order valence-corrected chi connectivity index (χ3v) is 5.29. The number of rotatable bonds is 17. The number of phenolic OH excluding ortho intramolecular Hbond substituents is 1. The Morgan fingerprint density at radius 2 is 1.15 bits per heavy atom. The Hall–Kier alpha value is -4.73. The molecule has 1 aromatic carbocycles. The largest absolute Gasteiger partial charge is 0.508 e. The molecule has 10 N–H and O–H groups in total. The first-order chi connectivity index (χ1) is 18.2. The zero-order chi connectivity index (χ0) is 29.7. The number of hydrogen-bond acceptors (Lipinski definition) is 9. The Labute approximate surface area is 221 Å². The molecular formula is C23H30N4O12. The number of phenols is 1. The zero-order valence-electron chi connectivity index (χ0n) is 20.5. The lowest BCUT2D eigenvalue weighted by molar-refractivity contribution is -0.144. The van der Waals surface area contributed by atoms with E-state index in [9.17, 15) is 48.9 Å². The molecule has 0 bridgehead atoms. The van der Waals surface area contributed by atoms with Crippen molar-refractivity contribution >= 4 is 41.6 Å². The summed E-state index contributed by atoms with van der Waals surface area (Å²) >= 11 is 0. The highest BCUT2D eigenvalue weighted by Gasteiger charge is 2.32. The number of nitrogens with two attached hydrogens (primary N) is 1. The molecule has 0 aromatic heterocycles. The van der Waals surface area contributed by atoms with Gasteiger partial charge in [0.2, 0.25) is 17.7 Å². The van der Waals surface area contributed by atoms with Gasteiger partial charge in [0.25, 0.3) is 0 Å². The predicted octanol–water partition coefficient (Wildman–Crippen LogP) is -1.99. The molecule has 16 nitrogen and oxygen atoms in total. The van der Waals surface area contributed by atoms with Crippen LogP contribution in [-0.4, -0.2) is 91.3 Å². The van der Waals surface area contributed by atoms with Crippen molar-refractivity contribution in [1.82, 2.24) is 16.0 Å². The highest BCUT2D eigenvalue weighted by atomic mass is 16.4. The molecule has 0 aliphatic rings. The van der Waals surface area contributed by atoms with Gasteiger partial charge in [-0.2, -0.15) is 0 Å². The van der Waals surface area contributed by atoms with Crippen LogP contribution in [0, 0.1) is 0 Å². The van der Waals surface area contributed by atoms with Crippen molar-refractivity contribution in [2.45, 2.75) is 62.7 Å². The Morgan fingerprint density at radius 1 is 0.667 bits per heavy atom. The second-order valence-corrected chi connectivity index (χ2v) is 8.46. The number of hydrogen-bond donors (Lipinski definition) is 9. The lowest BCUT2D eigenvalue weighted by atomic mass is 10.0. The Balaban J connectivity index is 3.15. The molecule has 0 heterocycles. The third-order valence-electron chi connectivity index (χ3n) is 5.29. The van der Waals surface area contributed by atoms with Crippen LogP contribution in [0.1, 0.15) is 37.7 Å². The molecule has 16 heteroatoms. The lowest BCUT2D eigenvalue weighted by Gasteiger charge is -2.24. The summed E-state index contributed by atoms with van der Waals surface area (Å²) in [6.07, 6.45) is -3.03. The predicted molar refractivity (Wildman–Crippen MR) is 129 cm³/mol. The van der Waals surface area contributed by atoms with Crippen LogP contribution in [0.5, 0.6) is 5.75 Å². The summed E-state index contributed by atoms with van der Waals surface area (Å²) in [5.41, 5.74) is 5.99. The molecule has 214 valence electrons. The van der Waals surface area contributed by atoms with Crippen LogP contribution in [0.2, 0.25) is 0 Å². The minimum atomic E-state index is -1.75. The molecular weight excluding hydrogens is 524 g/mol. The molecule has 1 aromatic rings. The Kier molecular flexibility index (Phi) is 12.8. The van der Waals surface area contributed by atoms with Crippen molar-refractivity contribution in [2.75, 3.05) is 0 Å². The van der Waals surface area contributed by atoms with Gasteiger partial charge in [0.15, 0.2) is 0 Å². The van der Waals surface area contributed by atoms with E-state index in [2.05, 4.69) is 16.0 Å². The van der Waals surface area contributed by atoms with Crippen LogP contribution < -0.4 is 21.7 Å². The quantitative estimate of drug-likeness (QED) is 0.101. The molecule has 0 radical (unpaired) electrons. The van der Waals surface area contributed by atoms with Gasteiger partial charge in [-0.1, -0.05) is 12.1 Å². The number of carbonyl (C=O) groups excluding carboxylic acids is 3. The highest BCUT2D eigenvalue weighted by molar-refractivity contribution is 5.95. The molecule has 0 saturated carbocycles. The smallest absolute Gasteiger partial charge is 0.326 e. The molecule has 0 aliphatic carbocycles. The summed E-state index contributed by atoms with van der Waals surface area (Å²) in [6.45, 7) is 0. The van der Waals surface area contributed by atoms with Gasteiger partial charge in [-0.25, -0.2) is 4.79 Å². The molecule has 1 rings (SSSR count). The van der Waals surface area contributed by atoms with Gasteiger partial charge in [-0.3, -0.25) is 28.8 Å². The average Bonchev–Trinajstić information content (AvgIpc) is 2.84. The minimum Gasteiger partial charge on any atom is -0.508 e. The van der Waals surface area contributed by atoms with E-state index in [1.54, 1.807) is 0 Å². The van der Waals surface area contributed by atoms with Crippen molar-refractivity contribution < 1.29 is 59.1 Å². The fraction of sp³-hybridized carbons (Fsp3) is 0.435. The van der Waals surface area contributed by atoms with E-state index >= 15 is 0 Å². The molecule has 4 atom stereocenters. The SMILES string of the molecule is NC(CCC(=O)O)C(=O)NC(CC(=O)O)C(=O)NC(Cc1ccc(O)cc1)C(=O)NC(CCC(=O)O)C(=O)O. The summed E-state index contributed by atoms with van der Waals surface area (Å²) in [5, 5.41) is 52.1. The van der Waals surface area contributed by atoms with Crippen molar-refractivity contribution in [3.05, 3.63) is 29.8 Å². The van der Waals surface area contributed by atoms with E-state index < -0.39 is 91.4 Å². The van der Waals surface area contributed by atoms with E-state index in [1.165, 1.54) is 24.3 Å². The molecule has 3 amide bonds. The van der Waals surface area contributed by atoms with Crippen molar-refractivity contribution in [3.63, 3.8) is 0 Å². The van der Waals surface area contributed by atoms with Gasteiger partial charge in [0.05, 0.1) is 12.5 Å². The standard InChI is InChI=1S/C23H30N4O12/c24-13(5-7-17(29)30)20(35)26-16(10-19(33)34)22(37)27-15(9-11-1-3-12(28)4-2-11)21(36)25-14(23(38)39)6-8-18(31)32/h1-4,13-16,28H,5-10,24H2,(H,25,36)(H,26,35)(H,27,37)(H,29,30)(H,31,32)(H,33,34)(H,38,39). The lowest BCUT2D eigenvalue weighted by Crippen LogP contribution is -2.58. The summed E-state index contributed by atoms with van der Waals surface area (Å²) < 4.78 is 0. The first-order valence-electron chi connectivity index (χ1n) is 11.5. The van der Waals surface area contributed by atoms with Crippen LogP contribution in [0.4, 0.5) is 0 Å². The van der Waals surface area contributed by atoms with Crippen molar-refractivity contribution in [3.8, 4) is 5.75 Å². The molecule has 0 spiro atoms. The summed E-state index contributed by atoms with van der Waals surface area (Å²) in [6, 6.07) is -0.916. The van der Waals surface area contributed by atoms with Crippen molar-refractivity contribution in [2.24, 2.45) is 5.73 Å². The summed E-state index contributed by atoms with van der Waals surface area (Å²) in [7, 11) is 0. The van der Waals surface area contributed by atoms with Gasteiger partial charge in [-0.15, -0.1) is 0 Å². The summed E-state index contributed by atoms with van der Waals surface area (Å²) in [4.78, 5) is 82.6. The van der Waals surface area contributed by atoms with E-state index in [-0.39, 0.29) is 18.6 Å². The molecule has 0 aliphatic heterocycles. The maximum atomic E-state index is 13.0. The van der Waals surface area contributed by atoms with Crippen LogP contribution in [0.3, 0.4) is 0 Å². The van der Waals surface area contributed by atoms with Gasteiger partial charge < -0.3 is 47.2 Å². The van der Waals surface area contributed by atoms with E-state index in [1.807, 2.05) is 0 Å². The first-order valence-corrected chi connectivity index (χ1v) is 11.5. The van der Waals surface area contributed by atoms with E-state index in [0.717, 1.165) is 0 Å². The first kappa shape index (κ1) is 32.3. The van der Waals surface area contributed by atoms with E-state index in [4.69, 9.17) is 15.9 Å². The monoisotopic (exact) mass is 554 g/mol. The van der Waals surface area contributed by atoms with Crippen LogP contribution in [0.25, 0.3) is 0 Å². The molecule has 0 fully saturated rings. The third kappa shape index (κ3) is 12.4. The second-order valence-electron chi connectivity index (χ2n) is 8.46. The average molecular weight is 555 g/mol. The topological polar surface area (TPSA) is 283 Å². The number of aliphatic carboxylic acids is 4. The summed E-state index contributed by atoms with van der Waals surface area (Å²) in [5.74, 6) is -8.90. The zero-order valence-corrected chi connectivity index (χ0v) is 20.5. The number of aromatic hydroxyl groups is 1. The van der Waals surface area contributed by atoms with Crippen LogP contribution in [0.15, 0.2) is 24.3 Å².